The highest BCUT2D eigenvalue weighted by Crippen LogP contribution is 2.36. The Bertz CT molecular complexity index is 649. The third-order valence-corrected chi connectivity index (χ3v) is 3.70. The SMILES string of the molecule is CC(Oc1ccsc1C(=O)[O-])c1ccccc1C(F)(F)F. The summed E-state index contributed by atoms with van der Waals surface area (Å²) in [7, 11) is 0. The third-order valence-electron chi connectivity index (χ3n) is 2.82. The minimum atomic E-state index is -4.50. The topological polar surface area (TPSA) is 49.4 Å². The van der Waals surface area contributed by atoms with Crippen molar-refractivity contribution in [2.45, 2.75) is 19.2 Å². The van der Waals surface area contributed by atoms with Gasteiger partial charge in [0.05, 0.1) is 16.4 Å². The molecule has 1 unspecified atom stereocenters. The molecule has 1 heterocycles. The molecule has 1 aromatic carbocycles. The van der Waals surface area contributed by atoms with Crippen LogP contribution in [0.3, 0.4) is 0 Å². The molecule has 1 atom stereocenters. The van der Waals surface area contributed by atoms with Crippen LogP contribution in [0.1, 0.15) is 33.8 Å². The van der Waals surface area contributed by atoms with E-state index in [9.17, 15) is 23.1 Å². The second-order valence-electron chi connectivity index (χ2n) is 4.25. The summed E-state index contributed by atoms with van der Waals surface area (Å²) in [6, 6.07) is 6.41. The average Bonchev–Trinajstić information content (AvgIpc) is 2.86. The molecule has 0 saturated carbocycles. The Kier molecular flexibility index (Phi) is 4.22. The third kappa shape index (κ3) is 3.36. The Hall–Kier alpha value is -2.02. The number of alkyl halides is 3. The van der Waals surface area contributed by atoms with Gasteiger partial charge < -0.3 is 14.6 Å². The number of carboxylic acids is 1. The number of hydrogen-bond donors (Lipinski definition) is 0. The van der Waals surface area contributed by atoms with Crippen LogP contribution in [0.15, 0.2) is 35.7 Å². The van der Waals surface area contributed by atoms with Crippen LogP contribution in [0, 0.1) is 0 Å². The summed E-state index contributed by atoms with van der Waals surface area (Å²) in [4.78, 5) is 10.7. The molecule has 0 spiro atoms. The monoisotopic (exact) mass is 315 g/mol. The lowest BCUT2D eigenvalue weighted by Gasteiger charge is -2.20. The van der Waals surface area contributed by atoms with Crippen molar-refractivity contribution in [3.63, 3.8) is 0 Å². The normalized spacial score (nSPS) is 13.0. The van der Waals surface area contributed by atoms with Crippen LogP contribution in [-0.4, -0.2) is 5.97 Å². The molecule has 0 amide bonds. The summed E-state index contributed by atoms with van der Waals surface area (Å²) >= 11 is 0.895. The van der Waals surface area contributed by atoms with Gasteiger partial charge in [0.2, 0.25) is 0 Å². The fraction of sp³-hybridized carbons (Fsp3) is 0.214. The summed E-state index contributed by atoms with van der Waals surface area (Å²) in [5.41, 5.74) is -0.858. The second kappa shape index (κ2) is 5.77. The van der Waals surface area contributed by atoms with Crippen molar-refractivity contribution in [2.75, 3.05) is 0 Å². The second-order valence-corrected chi connectivity index (χ2v) is 5.16. The lowest BCUT2D eigenvalue weighted by molar-refractivity contribution is -0.254. The Morgan fingerprint density at radius 2 is 1.95 bits per heavy atom. The Morgan fingerprint density at radius 1 is 1.29 bits per heavy atom. The zero-order valence-corrected chi connectivity index (χ0v) is 11.6. The highest BCUT2D eigenvalue weighted by Gasteiger charge is 2.34. The highest BCUT2D eigenvalue weighted by atomic mass is 32.1. The van der Waals surface area contributed by atoms with Gasteiger partial charge in [0.1, 0.15) is 11.9 Å². The molecule has 112 valence electrons. The van der Waals surface area contributed by atoms with Crippen LogP contribution >= 0.6 is 11.3 Å². The van der Waals surface area contributed by atoms with Gasteiger partial charge in [-0.2, -0.15) is 13.2 Å². The minimum Gasteiger partial charge on any atom is -0.544 e. The van der Waals surface area contributed by atoms with Gasteiger partial charge in [-0.25, -0.2) is 0 Å². The maximum Gasteiger partial charge on any atom is 0.416 e. The number of halogens is 3. The molecule has 2 aromatic rings. The van der Waals surface area contributed by atoms with Crippen molar-refractivity contribution < 1.29 is 27.8 Å². The molecule has 0 aliphatic carbocycles. The van der Waals surface area contributed by atoms with Gasteiger partial charge in [0.15, 0.2) is 0 Å². The quantitative estimate of drug-likeness (QED) is 0.870. The van der Waals surface area contributed by atoms with Crippen molar-refractivity contribution in [1.29, 1.82) is 0 Å². The number of carboxylic acid groups (broad SMARTS) is 1. The van der Waals surface area contributed by atoms with Gasteiger partial charge in [0.25, 0.3) is 0 Å². The van der Waals surface area contributed by atoms with Gasteiger partial charge in [-0.1, -0.05) is 18.2 Å². The van der Waals surface area contributed by atoms with E-state index in [1.807, 2.05) is 0 Å². The number of carbonyl (C=O) groups is 1. The number of hydrogen-bond acceptors (Lipinski definition) is 4. The maximum atomic E-state index is 12.9. The molecule has 1 aromatic heterocycles. The van der Waals surface area contributed by atoms with Gasteiger partial charge in [-0.3, -0.25) is 0 Å². The molecule has 2 rings (SSSR count). The van der Waals surface area contributed by atoms with Gasteiger partial charge in [-0.15, -0.1) is 11.3 Å². The molecule has 21 heavy (non-hydrogen) atoms. The molecular weight excluding hydrogens is 305 g/mol. The van der Waals surface area contributed by atoms with E-state index in [1.165, 1.54) is 36.6 Å². The van der Waals surface area contributed by atoms with Gasteiger partial charge in [-0.05, 0) is 24.4 Å². The zero-order chi connectivity index (χ0) is 15.6. The van der Waals surface area contributed by atoms with E-state index in [2.05, 4.69) is 0 Å². The van der Waals surface area contributed by atoms with Crippen molar-refractivity contribution in [1.82, 2.24) is 0 Å². The summed E-state index contributed by atoms with van der Waals surface area (Å²) in [5.74, 6) is -1.42. The van der Waals surface area contributed by atoms with Crippen LogP contribution in [0.4, 0.5) is 13.2 Å². The van der Waals surface area contributed by atoms with Gasteiger partial charge in [0, 0.05) is 5.56 Å². The van der Waals surface area contributed by atoms with Crippen LogP contribution < -0.4 is 9.84 Å². The van der Waals surface area contributed by atoms with Crippen LogP contribution in [-0.2, 0) is 6.18 Å². The average molecular weight is 315 g/mol. The summed E-state index contributed by atoms with van der Waals surface area (Å²) in [5, 5.41) is 12.3. The molecule has 0 aliphatic rings. The fourth-order valence-corrected chi connectivity index (χ4v) is 2.56. The van der Waals surface area contributed by atoms with E-state index in [4.69, 9.17) is 4.74 Å². The predicted molar refractivity (Wildman–Crippen MR) is 69.1 cm³/mol. The number of benzene rings is 1. The van der Waals surface area contributed by atoms with Crippen LogP contribution in [0.25, 0.3) is 0 Å². The fourth-order valence-electron chi connectivity index (χ4n) is 1.90. The largest absolute Gasteiger partial charge is 0.544 e. The van der Waals surface area contributed by atoms with E-state index in [1.54, 1.807) is 0 Å². The number of thiophene rings is 1. The first-order valence-electron chi connectivity index (χ1n) is 5.92. The molecule has 7 heteroatoms. The van der Waals surface area contributed by atoms with Crippen molar-refractivity contribution in [2.24, 2.45) is 0 Å². The smallest absolute Gasteiger partial charge is 0.416 e. The lowest BCUT2D eigenvalue weighted by Crippen LogP contribution is -2.22. The first-order chi connectivity index (χ1) is 9.80. The number of rotatable bonds is 4. The summed E-state index contributed by atoms with van der Waals surface area (Å²) < 4.78 is 44.2. The first-order valence-corrected chi connectivity index (χ1v) is 6.80. The maximum absolute atomic E-state index is 12.9. The zero-order valence-electron chi connectivity index (χ0n) is 10.8. The number of aromatic carboxylic acids is 1. The predicted octanol–water partition coefficient (Wildman–Crippen LogP) is 3.27. The standard InChI is InChI=1S/C14H11F3O3S/c1-8(20-11-6-7-21-12(11)13(18)19)9-4-2-3-5-10(9)14(15,16)17/h2-8H,1H3,(H,18,19)/p-1. The summed E-state index contributed by atoms with van der Waals surface area (Å²) in [6.07, 6.45) is -5.45. The Balaban J connectivity index is 2.31. The van der Waals surface area contributed by atoms with Crippen LogP contribution in [0.5, 0.6) is 5.75 Å². The van der Waals surface area contributed by atoms with Crippen molar-refractivity contribution >= 4 is 17.3 Å². The van der Waals surface area contributed by atoms with Gasteiger partial charge >= 0.3 is 6.18 Å². The van der Waals surface area contributed by atoms with E-state index in [0.717, 1.165) is 17.4 Å². The molecule has 0 radical (unpaired) electrons. The molecule has 0 fully saturated rings. The minimum absolute atomic E-state index is 0.00415. The van der Waals surface area contributed by atoms with E-state index in [-0.39, 0.29) is 16.2 Å². The number of carbonyl (C=O) groups excluding carboxylic acids is 1. The molecule has 0 aliphatic heterocycles. The molecule has 0 bridgehead atoms. The first kappa shape index (κ1) is 15.4. The van der Waals surface area contributed by atoms with Crippen LogP contribution in [0.2, 0.25) is 0 Å². The Morgan fingerprint density at radius 3 is 2.57 bits per heavy atom. The van der Waals surface area contributed by atoms with E-state index in [0.29, 0.717) is 0 Å². The number of ether oxygens (including phenoxy) is 1. The highest BCUT2D eigenvalue weighted by molar-refractivity contribution is 7.12. The van der Waals surface area contributed by atoms with Crippen molar-refractivity contribution in [3.8, 4) is 5.75 Å². The summed E-state index contributed by atoms with van der Waals surface area (Å²) in [6.45, 7) is 1.43. The molecular formula is C14H10F3O3S-. The van der Waals surface area contributed by atoms with E-state index < -0.39 is 23.8 Å². The molecule has 0 N–H and O–H groups in total. The lowest BCUT2D eigenvalue weighted by atomic mass is 10.0. The Labute approximate surface area is 122 Å². The molecule has 0 saturated heterocycles. The molecule has 3 nitrogen and oxygen atoms in total. The van der Waals surface area contributed by atoms with Crippen molar-refractivity contribution in [3.05, 3.63) is 51.7 Å². The van der Waals surface area contributed by atoms with E-state index >= 15 is 0 Å².